The van der Waals surface area contributed by atoms with E-state index < -0.39 is 33.4 Å². The lowest BCUT2D eigenvalue weighted by Crippen LogP contribution is -2.59. The van der Waals surface area contributed by atoms with Gasteiger partial charge in [-0.2, -0.15) is 13.2 Å². The maximum atomic E-state index is 12.8. The first-order chi connectivity index (χ1) is 10.8. The molecule has 0 aromatic heterocycles. The second kappa shape index (κ2) is 5.91. The predicted molar refractivity (Wildman–Crippen MR) is 82.6 cm³/mol. The molecule has 8 heteroatoms. The summed E-state index contributed by atoms with van der Waals surface area (Å²) in [5, 5.41) is 12.9. The van der Waals surface area contributed by atoms with Gasteiger partial charge in [-0.25, -0.2) is 0 Å². The number of hydrogen-bond acceptors (Lipinski definition) is 4. The Morgan fingerprint density at radius 2 is 1.71 bits per heavy atom. The normalized spacial score (nSPS) is 20.6. The molecule has 1 saturated heterocycles. The Bertz CT molecular complexity index is 626. The van der Waals surface area contributed by atoms with Gasteiger partial charge in [-0.1, -0.05) is 0 Å². The first-order valence-electron chi connectivity index (χ1n) is 7.68. The van der Waals surface area contributed by atoms with Crippen molar-refractivity contribution in [2.24, 2.45) is 0 Å². The molecule has 2 rings (SSSR count). The topological polar surface area (TPSA) is 55.6 Å². The molecule has 0 radical (unpaired) electrons. The van der Waals surface area contributed by atoms with Crippen molar-refractivity contribution >= 4 is 5.69 Å². The Balaban J connectivity index is 2.43. The van der Waals surface area contributed by atoms with Crippen LogP contribution in [0.3, 0.4) is 0 Å². The lowest BCUT2D eigenvalue weighted by atomic mass is 9.82. The van der Waals surface area contributed by atoms with Crippen LogP contribution in [0.2, 0.25) is 0 Å². The van der Waals surface area contributed by atoms with Gasteiger partial charge >= 0.3 is 11.9 Å². The quantitative estimate of drug-likeness (QED) is 0.574. The summed E-state index contributed by atoms with van der Waals surface area (Å²) < 4.78 is 38.4. The van der Waals surface area contributed by atoms with Crippen molar-refractivity contribution < 1.29 is 22.9 Å². The summed E-state index contributed by atoms with van der Waals surface area (Å²) in [5.41, 5.74) is -2.54. The van der Waals surface area contributed by atoms with E-state index in [0.717, 1.165) is 31.4 Å². The minimum Gasteiger partial charge on any atom is -0.398 e. The number of hydroxylamine groups is 2. The zero-order chi connectivity index (χ0) is 18.3. The third kappa shape index (κ3) is 3.63. The number of piperidine rings is 1. The summed E-state index contributed by atoms with van der Waals surface area (Å²) in [7, 11) is 0. The molecular weight excluding hydrogens is 325 g/mol. The van der Waals surface area contributed by atoms with E-state index in [9.17, 15) is 23.3 Å². The van der Waals surface area contributed by atoms with E-state index >= 15 is 0 Å². The zero-order valence-corrected chi connectivity index (χ0v) is 14.1. The van der Waals surface area contributed by atoms with Crippen molar-refractivity contribution in [2.45, 2.75) is 64.2 Å². The van der Waals surface area contributed by atoms with Crippen LogP contribution in [0.4, 0.5) is 18.9 Å². The lowest BCUT2D eigenvalue weighted by Gasteiger charge is -2.50. The fraction of sp³-hybridized carbons (Fsp3) is 0.625. The van der Waals surface area contributed by atoms with Gasteiger partial charge in [0.15, 0.2) is 0 Å². The molecule has 0 bridgehead atoms. The fourth-order valence-corrected chi connectivity index (χ4v) is 3.24. The Morgan fingerprint density at radius 3 is 2.17 bits per heavy atom. The van der Waals surface area contributed by atoms with E-state index in [2.05, 4.69) is 0 Å². The first kappa shape index (κ1) is 18.5. The van der Waals surface area contributed by atoms with Crippen LogP contribution in [0, 0.1) is 10.1 Å². The third-order valence-electron chi connectivity index (χ3n) is 4.35. The third-order valence-corrected chi connectivity index (χ3v) is 4.35. The van der Waals surface area contributed by atoms with Crippen LogP contribution in [0.5, 0.6) is 5.75 Å². The Kier molecular flexibility index (Phi) is 4.56. The second-order valence-electron chi connectivity index (χ2n) is 7.30. The highest BCUT2D eigenvalue weighted by Crippen LogP contribution is 2.42. The standard InChI is InChI=1S/C16H21F3N2O3/c1-14(2)8-5-9-15(3,4)21(14)24-13-7-6-11(16(17,18)19)10-12(13)20(22)23/h6-7,10H,5,8-9H2,1-4H3. The molecule has 0 unspecified atom stereocenters. The number of halogens is 3. The van der Waals surface area contributed by atoms with E-state index in [-0.39, 0.29) is 5.75 Å². The van der Waals surface area contributed by atoms with Gasteiger partial charge in [0.2, 0.25) is 5.75 Å². The van der Waals surface area contributed by atoms with Gasteiger partial charge in [0.05, 0.1) is 21.6 Å². The largest absolute Gasteiger partial charge is 0.416 e. The van der Waals surface area contributed by atoms with E-state index in [4.69, 9.17) is 4.84 Å². The molecule has 1 aliphatic rings. The number of alkyl halides is 3. The van der Waals surface area contributed by atoms with Crippen LogP contribution < -0.4 is 4.84 Å². The van der Waals surface area contributed by atoms with Gasteiger partial charge in [0.1, 0.15) is 0 Å². The molecule has 5 nitrogen and oxygen atoms in total. The Hall–Kier alpha value is -1.83. The summed E-state index contributed by atoms with van der Waals surface area (Å²) in [6.07, 6.45) is -2.02. The summed E-state index contributed by atoms with van der Waals surface area (Å²) >= 11 is 0. The van der Waals surface area contributed by atoms with Gasteiger partial charge in [-0.15, -0.1) is 5.06 Å². The Morgan fingerprint density at radius 1 is 1.17 bits per heavy atom. The van der Waals surface area contributed by atoms with Crippen LogP contribution in [0.15, 0.2) is 18.2 Å². The molecule has 0 atom stereocenters. The highest BCUT2D eigenvalue weighted by Gasteiger charge is 2.44. The first-order valence-corrected chi connectivity index (χ1v) is 7.68. The average Bonchev–Trinajstić information content (AvgIpc) is 2.41. The van der Waals surface area contributed by atoms with Crippen LogP contribution in [0.25, 0.3) is 0 Å². The molecule has 0 amide bonds. The zero-order valence-electron chi connectivity index (χ0n) is 14.1. The maximum absolute atomic E-state index is 12.8. The van der Waals surface area contributed by atoms with Crippen LogP contribution in [-0.2, 0) is 6.18 Å². The second-order valence-corrected chi connectivity index (χ2v) is 7.30. The summed E-state index contributed by atoms with van der Waals surface area (Å²) in [4.78, 5) is 16.1. The van der Waals surface area contributed by atoms with Crippen molar-refractivity contribution in [3.05, 3.63) is 33.9 Å². The minimum absolute atomic E-state index is 0.184. The molecule has 0 N–H and O–H groups in total. The smallest absolute Gasteiger partial charge is 0.398 e. The summed E-state index contributed by atoms with van der Waals surface area (Å²) in [5.74, 6) is -0.184. The van der Waals surface area contributed by atoms with Gasteiger partial charge in [0.25, 0.3) is 0 Å². The van der Waals surface area contributed by atoms with Crippen molar-refractivity contribution in [1.82, 2.24) is 5.06 Å². The van der Waals surface area contributed by atoms with Crippen LogP contribution >= 0.6 is 0 Å². The molecule has 1 heterocycles. The molecular formula is C16H21F3N2O3. The highest BCUT2D eigenvalue weighted by atomic mass is 19.4. The molecule has 1 fully saturated rings. The number of benzene rings is 1. The van der Waals surface area contributed by atoms with E-state index in [1.165, 1.54) is 0 Å². The highest BCUT2D eigenvalue weighted by molar-refractivity contribution is 5.49. The SMILES string of the molecule is CC1(C)CCCC(C)(C)N1Oc1ccc(C(F)(F)F)cc1[N+](=O)[O-]. The average molecular weight is 346 g/mol. The van der Waals surface area contributed by atoms with Crippen molar-refractivity contribution in [1.29, 1.82) is 0 Å². The molecule has 1 aliphatic heterocycles. The van der Waals surface area contributed by atoms with E-state index in [1.807, 2.05) is 27.7 Å². The summed E-state index contributed by atoms with van der Waals surface area (Å²) in [6, 6.07) is 2.33. The number of hydrogen-bond donors (Lipinski definition) is 0. The molecule has 134 valence electrons. The molecule has 24 heavy (non-hydrogen) atoms. The predicted octanol–water partition coefficient (Wildman–Crippen LogP) is 4.95. The number of nitrogens with zero attached hydrogens (tertiary/aromatic N) is 2. The maximum Gasteiger partial charge on any atom is 0.416 e. The number of nitro groups is 1. The van der Waals surface area contributed by atoms with Crippen LogP contribution in [0.1, 0.15) is 52.5 Å². The monoisotopic (exact) mass is 346 g/mol. The van der Waals surface area contributed by atoms with E-state index in [1.54, 1.807) is 5.06 Å². The van der Waals surface area contributed by atoms with Gasteiger partial charge in [-0.05, 0) is 59.1 Å². The van der Waals surface area contributed by atoms with Crippen molar-refractivity contribution in [3.63, 3.8) is 0 Å². The van der Waals surface area contributed by atoms with E-state index in [0.29, 0.717) is 6.07 Å². The Labute approximate surface area is 138 Å². The number of rotatable bonds is 3. The fourth-order valence-electron chi connectivity index (χ4n) is 3.24. The van der Waals surface area contributed by atoms with Gasteiger partial charge in [-0.3, -0.25) is 10.1 Å². The molecule has 1 aromatic carbocycles. The van der Waals surface area contributed by atoms with Crippen molar-refractivity contribution in [2.75, 3.05) is 0 Å². The lowest BCUT2D eigenvalue weighted by molar-refractivity contribution is -0.388. The number of nitro benzene ring substituents is 1. The van der Waals surface area contributed by atoms with Gasteiger partial charge < -0.3 is 4.84 Å². The molecule has 1 aromatic rings. The molecule has 0 saturated carbocycles. The molecule has 0 aliphatic carbocycles. The van der Waals surface area contributed by atoms with Gasteiger partial charge in [0, 0.05) is 6.07 Å². The van der Waals surface area contributed by atoms with Crippen LogP contribution in [-0.4, -0.2) is 21.1 Å². The molecule has 0 spiro atoms. The van der Waals surface area contributed by atoms with Crippen molar-refractivity contribution in [3.8, 4) is 5.75 Å². The minimum atomic E-state index is -4.65. The summed E-state index contributed by atoms with van der Waals surface area (Å²) in [6.45, 7) is 7.79.